The van der Waals surface area contributed by atoms with Crippen LogP contribution in [0.4, 0.5) is 5.69 Å². The first-order chi connectivity index (χ1) is 9.58. The topological polar surface area (TPSA) is 69.6 Å². The second kappa shape index (κ2) is 4.89. The normalized spacial score (nSPS) is 21.8. The van der Waals surface area contributed by atoms with Crippen molar-refractivity contribution in [3.63, 3.8) is 0 Å². The Balaban J connectivity index is 2.02. The smallest absolute Gasteiger partial charge is 0.182 e. The zero-order chi connectivity index (χ0) is 14.2. The quantitative estimate of drug-likeness (QED) is 0.852. The zero-order valence-electron chi connectivity index (χ0n) is 12.1. The summed E-state index contributed by atoms with van der Waals surface area (Å²) >= 11 is 0. The molecule has 1 aliphatic carbocycles. The molecule has 1 aromatic heterocycles. The Bertz CT molecular complexity index is 602. The average molecular weight is 271 g/mol. The van der Waals surface area contributed by atoms with Crippen LogP contribution < -0.4 is 5.73 Å². The molecule has 2 N–H and O–H groups in total. The largest absolute Gasteiger partial charge is 0.399 e. The molecule has 1 fully saturated rings. The van der Waals surface area contributed by atoms with E-state index in [2.05, 4.69) is 29.4 Å². The Labute approximate surface area is 119 Å². The van der Waals surface area contributed by atoms with Crippen molar-refractivity contribution >= 4 is 5.69 Å². The van der Waals surface area contributed by atoms with Crippen molar-refractivity contribution in [3.8, 4) is 11.4 Å². The summed E-state index contributed by atoms with van der Waals surface area (Å²) in [5.41, 5.74) is 7.81. The molecule has 0 radical (unpaired) electrons. The number of benzene rings is 1. The summed E-state index contributed by atoms with van der Waals surface area (Å²) in [5, 5.41) is 12.4. The van der Waals surface area contributed by atoms with Gasteiger partial charge >= 0.3 is 0 Å². The highest BCUT2D eigenvalue weighted by Gasteiger charge is 2.35. The van der Waals surface area contributed by atoms with E-state index in [0.29, 0.717) is 6.04 Å². The fourth-order valence-electron chi connectivity index (χ4n) is 3.20. The highest BCUT2D eigenvalue weighted by molar-refractivity contribution is 5.60. The molecular weight excluding hydrogens is 250 g/mol. The number of tetrazole rings is 1. The lowest BCUT2D eigenvalue weighted by Crippen LogP contribution is -2.31. The Morgan fingerprint density at radius 1 is 1.30 bits per heavy atom. The first kappa shape index (κ1) is 13.1. The molecule has 5 heteroatoms. The van der Waals surface area contributed by atoms with Crippen LogP contribution in [-0.4, -0.2) is 20.2 Å². The van der Waals surface area contributed by atoms with Crippen LogP contribution in [0.15, 0.2) is 24.3 Å². The molecule has 2 aromatic rings. The van der Waals surface area contributed by atoms with E-state index in [1.54, 1.807) is 0 Å². The third kappa shape index (κ3) is 2.28. The van der Waals surface area contributed by atoms with E-state index in [-0.39, 0.29) is 5.41 Å². The van der Waals surface area contributed by atoms with Gasteiger partial charge in [-0.25, -0.2) is 4.68 Å². The van der Waals surface area contributed by atoms with Crippen LogP contribution in [0.1, 0.15) is 45.6 Å². The van der Waals surface area contributed by atoms with Gasteiger partial charge in [0.15, 0.2) is 5.82 Å². The zero-order valence-corrected chi connectivity index (χ0v) is 12.1. The standard InChI is InChI=1S/C15H21N5/c1-15(2)9-4-3-8-13(15)20-14(17-18-19-20)11-6-5-7-12(16)10-11/h5-7,10,13H,3-4,8-9,16H2,1-2H3. The molecule has 0 saturated heterocycles. The van der Waals surface area contributed by atoms with Gasteiger partial charge in [0.05, 0.1) is 6.04 Å². The Morgan fingerprint density at radius 3 is 2.90 bits per heavy atom. The SMILES string of the molecule is CC1(C)CCCCC1n1nnnc1-c1cccc(N)c1. The van der Waals surface area contributed by atoms with Crippen LogP contribution in [0, 0.1) is 5.41 Å². The molecule has 1 saturated carbocycles. The number of hydrogen-bond acceptors (Lipinski definition) is 4. The molecule has 1 aliphatic rings. The van der Waals surface area contributed by atoms with Crippen molar-refractivity contribution in [1.29, 1.82) is 0 Å². The summed E-state index contributed by atoms with van der Waals surface area (Å²) in [7, 11) is 0. The summed E-state index contributed by atoms with van der Waals surface area (Å²) < 4.78 is 1.99. The molecule has 1 atom stereocenters. The van der Waals surface area contributed by atoms with Crippen molar-refractivity contribution in [1.82, 2.24) is 20.2 Å². The van der Waals surface area contributed by atoms with Gasteiger partial charge in [0.1, 0.15) is 0 Å². The Kier molecular flexibility index (Phi) is 3.20. The lowest BCUT2D eigenvalue weighted by Gasteiger charge is -2.38. The van der Waals surface area contributed by atoms with Crippen LogP contribution in [0.25, 0.3) is 11.4 Å². The summed E-state index contributed by atoms with van der Waals surface area (Å²) in [6.07, 6.45) is 4.88. The molecule has 0 aliphatic heterocycles. The van der Waals surface area contributed by atoms with Gasteiger partial charge in [-0.1, -0.05) is 38.8 Å². The molecule has 1 heterocycles. The molecule has 1 aromatic carbocycles. The summed E-state index contributed by atoms with van der Waals surface area (Å²) in [6.45, 7) is 4.61. The number of nitrogen functional groups attached to an aromatic ring is 1. The van der Waals surface area contributed by atoms with Crippen LogP contribution >= 0.6 is 0 Å². The minimum atomic E-state index is 0.225. The van der Waals surface area contributed by atoms with Gasteiger partial charge in [0.2, 0.25) is 0 Å². The van der Waals surface area contributed by atoms with Crippen LogP contribution in [0.5, 0.6) is 0 Å². The maximum absolute atomic E-state index is 5.87. The number of nitrogens with two attached hydrogens (primary N) is 1. The first-order valence-electron chi connectivity index (χ1n) is 7.22. The second-order valence-electron chi connectivity index (χ2n) is 6.32. The fourth-order valence-corrected chi connectivity index (χ4v) is 3.20. The fraction of sp³-hybridized carbons (Fsp3) is 0.533. The van der Waals surface area contributed by atoms with E-state index < -0.39 is 0 Å². The number of aromatic nitrogens is 4. The minimum absolute atomic E-state index is 0.225. The minimum Gasteiger partial charge on any atom is -0.399 e. The van der Waals surface area contributed by atoms with Gasteiger partial charge in [-0.2, -0.15) is 0 Å². The number of hydrogen-bond donors (Lipinski definition) is 1. The number of rotatable bonds is 2. The van der Waals surface area contributed by atoms with Crippen molar-refractivity contribution in [2.75, 3.05) is 5.73 Å². The molecule has 20 heavy (non-hydrogen) atoms. The van der Waals surface area contributed by atoms with E-state index in [9.17, 15) is 0 Å². The highest BCUT2D eigenvalue weighted by atomic mass is 15.6. The van der Waals surface area contributed by atoms with Gasteiger partial charge < -0.3 is 5.73 Å². The molecule has 106 valence electrons. The van der Waals surface area contributed by atoms with E-state index in [1.165, 1.54) is 19.3 Å². The predicted octanol–water partition coefficient (Wildman–Crippen LogP) is 3.06. The maximum Gasteiger partial charge on any atom is 0.182 e. The van der Waals surface area contributed by atoms with Crippen molar-refractivity contribution in [2.24, 2.45) is 5.41 Å². The van der Waals surface area contributed by atoms with Crippen LogP contribution in [0.3, 0.4) is 0 Å². The first-order valence-corrected chi connectivity index (χ1v) is 7.22. The molecule has 5 nitrogen and oxygen atoms in total. The highest BCUT2D eigenvalue weighted by Crippen LogP contribution is 2.44. The van der Waals surface area contributed by atoms with Crippen LogP contribution in [-0.2, 0) is 0 Å². The number of anilines is 1. The third-order valence-electron chi connectivity index (χ3n) is 4.38. The maximum atomic E-state index is 5.87. The van der Waals surface area contributed by atoms with E-state index in [4.69, 9.17) is 5.73 Å². The summed E-state index contributed by atoms with van der Waals surface area (Å²) in [4.78, 5) is 0. The molecule has 0 amide bonds. The van der Waals surface area contributed by atoms with Crippen molar-refractivity contribution < 1.29 is 0 Å². The molecule has 3 rings (SSSR count). The molecule has 0 spiro atoms. The third-order valence-corrected chi connectivity index (χ3v) is 4.38. The number of nitrogens with zero attached hydrogens (tertiary/aromatic N) is 4. The van der Waals surface area contributed by atoms with Gasteiger partial charge in [0.25, 0.3) is 0 Å². The van der Waals surface area contributed by atoms with E-state index in [0.717, 1.165) is 23.5 Å². The van der Waals surface area contributed by atoms with Crippen molar-refractivity contribution in [2.45, 2.75) is 45.6 Å². The van der Waals surface area contributed by atoms with E-state index >= 15 is 0 Å². The molecule has 0 bridgehead atoms. The van der Waals surface area contributed by atoms with Gasteiger partial charge in [-0.3, -0.25) is 0 Å². The van der Waals surface area contributed by atoms with Gasteiger partial charge in [0, 0.05) is 11.3 Å². The lowest BCUT2D eigenvalue weighted by atomic mass is 9.73. The molecular formula is C15H21N5. The predicted molar refractivity (Wildman–Crippen MR) is 79.0 cm³/mol. The Morgan fingerprint density at radius 2 is 2.15 bits per heavy atom. The van der Waals surface area contributed by atoms with Crippen molar-refractivity contribution in [3.05, 3.63) is 24.3 Å². The molecule has 1 unspecified atom stereocenters. The second-order valence-corrected chi connectivity index (χ2v) is 6.32. The summed E-state index contributed by atoms with van der Waals surface area (Å²) in [6, 6.07) is 8.10. The average Bonchev–Trinajstić information content (AvgIpc) is 2.87. The lowest BCUT2D eigenvalue weighted by molar-refractivity contribution is 0.132. The van der Waals surface area contributed by atoms with E-state index in [1.807, 2.05) is 28.9 Å². The van der Waals surface area contributed by atoms with Crippen LogP contribution in [0.2, 0.25) is 0 Å². The monoisotopic (exact) mass is 271 g/mol. The van der Waals surface area contributed by atoms with Gasteiger partial charge in [-0.15, -0.1) is 5.10 Å². The summed E-state index contributed by atoms with van der Waals surface area (Å²) in [5.74, 6) is 0.817. The Hall–Kier alpha value is -1.91. The van der Waals surface area contributed by atoms with Gasteiger partial charge in [-0.05, 0) is 40.8 Å².